The number of pyridine rings is 2. The third-order valence-corrected chi connectivity index (χ3v) is 3.11. The normalized spacial score (nSPS) is 10.1. The standard InChI is InChI=1S/C12H10N2O2S/c15-12(16)11-3-1-2-9(14-11)8-17-10-4-6-13-7-5-10/h1-7H,8H2,(H,15,16). The molecule has 0 unspecified atom stereocenters. The van der Waals surface area contributed by atoms with Crippen LogP contribution in [0.3, 0.4) is 0 Å². The Balaban J connectivity index is 2.04. The lowest BCUT2D eigenvalue weighted by Gasteiger charge is -2.02. The van der Waals surface area contributed by atoms with Gasteiger partial charge in [-0.15, -0.1) is 11.8 Å². The molecule has 1 N–H and O–H groups in total. The van der Waals surface area contributed by atoms with Crippen LogP contribution in [0.4, 0.5) is 0 Å². The second-order valence-electron chi connectivity index (χ2n) is 3.29. The van der Waals surface area contributed by atoms with Gasteiger partial charge in [0.2, 0.25) is 0 Å². The minimum atomic E-state index is -0.999. The highest BCUT2D eigenvalue weighted by atomic mass is 32.2. The number of carbonyl (C=O) groups is 1. The molecule has 0 atom stereocenters. The number of carboxylic acid groups (broad SMARTS) is 1. The monoisotopic (exact) mass is 246 g/mol. The molecule has 0 fully saturated rings. The number of nitrogens with zero attached hydrogens (tertiary/aromatic N) is 2. The summed E-state index contributed by atoms with van der Waals surface area (Å²) in [5, 5.41) is 8.82. The zero-order chi connectivity index (χ0) is 12.1. The van der Waals surface area contributed by atoms with Crippen molar-refractivity contribution in [1.29, 1.82) is 0 Å². The number of thioether (sulfide) groups is 1. The summed E-state index contributed by atoms with van der Waals surface area (Å²) in [4.78, 5) is 19.8. The van der Waals surface area contributed by atoms with Gasteiger partial charge in [-0.3, -0.25) is 4.98 Å². The third kappa shape index (κ3) is 3.29. The van der Waals surface area contributed by atoms with Crippen LogP contribution >= 0.6 is 11.8 Å². The van der Waals surface area contributed by atoms with E-state index < -0.39 is 5.97 Å². The average Bonchev–Trinajstić information content (AvgIpc) is 2.38. The van der Waals surface area contributed by atoms with Crippen LogP contribution in [0.1, 0.15) is 16.2 Å². The first-order valence-corrected chi connectivity index (χ1v) is 5.96. The van der Waals surface area contributed by atoms with Gasteiger partial charge in [-0.05, 0) is 24.3 Å². The second kappa shape index (κ2) is 5.45. The quantitative estimate of drug-likeness (QED) is 0.839. The summed E-state index contributed by atoms with van der Waals surface area (Å²) in [6.45, 7) is 0. The van der Waals surface area contributed by atoms with E-state index >= 15 is 0 Å². The van der Waals surface area contributed by atoms with Crippen LogP contribution in [0.5, 0.6) is 0 Å². The molecule has 0 aliphatic heterocycles. The van der Waals surface area contributed by atoms with Crippen LogP contribution < -0.4 is 0 Å². The van der Waals surface area contributed by atoms with Crippen LogP contribution in [0, 0.1) is 0 Å². The van der Waals surface area contributed by atoms with Crippen LogP contribution in [0.2, 0.25) is 0 Å². The molecule has 17 heavy (non-hydrogen) atoms. The molecule has 0 bridgehead atoms. The topological polar surface area (TPSA) is 63.1 Å². The molecule has 5 heteroatoms. The molecule has 2 aromatic heterocycles. The molecule has 0 amide bonds. The first-order valence-electron chi connectivity index (χ1n) is 4.98. The molecule has 0 aromatic carbocycles. The van der Waals surface area contributed by atoms with Crippen LogP contribution in [0.25, 0.3) is 0 Å². The van der Waals surface area contributed by atoms with E-state index in [4.69, 9.17) is 5.11 Å². The summed E-state index contributed by atoms with van der Waals surface area (Å²) in [5.41, 5.74) is 0.838. The Kier molecular flexibility index (Phi) is 3.72. The zero-order valence-corrected chi connectivity index (χ0v) is 9.72. The van der Waals surface area contributed by atoms with Crippen molar-refractivity contribution in [1.82, 2.24) is 9.97 Å². The van der Waals surface area contributed by atoms with Crippen molar-refractivity contribution in [2.75, 3.05) is 0 Å². The molecule has 2 aromatic rings. The molecule has 0 aliphatic rings. The molecule has 86 valence electrons. The fourth-order valence-corrected chi connectivity index (χ4v) is 2.06. The highest BCUT2D eigenvalue weighted by molar-refractivity contribution is 7.98. The summed E-state index contributed by atoms with van der Waals surface area (Å²) in [6.07, 6.45) is 3.45. The van der Waals surface area contributed by atoms with Gasteiger partial charge in [-0.2, -0.15) is 0 Å². The number of hydrogen-bond donors (Lipinski definition) is 1. The molecule has 0 saturated carbocycles. The van der Waals surface area contributed by atoms with E-state index in [1.54, 1.807) is 30.2 Å². The SMILES string of the molecule is O=C(O)c1cccc(CSc2ccncc2)n1. The van der Waals surface area contributed by atoms with Crippen molar-refractivity contribution in [3.8, 4) is 0 Å². The lowest BCUT2D eigenvalue weighted by Crippen LogP contribution is -2.01. The maximum Gasteiger partial charge on any atom is 0.354 e. The van der Waals surface area contributed by atoms with E-state index in [1.807, 2.05) is 18.2 Å². The van der Waals surface area contributed by atoms with Crippen LogP contribution in [-0.4, -0.2) is 21.0 Å². The smallest absolute Gasteiger partial charge is 0.354 e. The van der Waals surface area contributed by atoms with E-state index in [2.05, 4.69) is 9.97 Å². The molecular formula is C12H10N2O2S. The van der Waals surface area contributed by atoms with Gasteiger partial charge in [0.05, 0.1) is 5.69 Å². The lowest BCUT2D eigenvalue weighted by atomic mass is 10.3. The van der Waals surface area contributed by atoms with Gasteiger partial charge >= 0.3 is 5.97 Å². The van der Waals surface area contributed by atoms with E-state index in [1.165, 1.54) is 6.07 Å². The van der Waals surface area contributed by atoms with Crippen molar-refractivity contribution >= 4 is 17.7 Å². The zero-order valence-electron chi connectivity index (χ0n) is 8.91. The summed E-state index contributed by atoms with van der Waals surface area (Å²) in [7, 11) is 0. The minimum Gasteiger partial charge on any atom is -0.477 e. The van der Waals surface area contributed by atoms with Crippen LogP contribution in [0.15, 0.2) is 47.6 Å². The number of carboxylic acids is 1. The van der Waals surface area contributed by atoms with E-state index in [9.17, 15) is 4.79 Å². The predicted octanol–water partition coefficient (Wildman–Crippen LogP) is 2.47. The van der Waals surface area contributed by atoms with Crippen molar-refractivity contribution in [3.05, 3.63) is 54.1 Å². The molecule has 2 heterocycles. The van der Waals surface area contributed by atoms with E-state index in [-0.39, 0.29) is 5.69 Å². The maximum absolute atomic E-state index is 10.7. The van der Waals surface area contributed by atoms with E-state index in [0.717, 1.165) is 10.6 Å². The van der Waals surface area contributed by atoms with Gasteiger partial charge < -0.3 is 5.11 Å². The summed E-state index contributed by atoms with van der Waals surface area (Å²) < 4.78 is 0. The molecule has 0 radical (unpaired) electrons. The Bertz CT molecular complexity index is 517. The summed E-state index contributed by atoms with van der Waals surface area (Å²) in [5.74, 6) is -0.355. The number of hydrogen-bond acceptors (Lipinski definition) is 4. The van der Waals surface area contributed by atoms with E-state index in [0.29, 0.717) is 5.75 Å². The Morgan fingerprint density at radius 1 is 1.24 bits per heavy atom. The molecule has 0 aliphatic carbocycles. The Hall–Kier alpha value is -1.88. The largest absolute Gasteiger partial charge is 0.477 e. The Morgan fingerprint density at radius 3 is 2.71 bits per heavy atom. The van der Waals surface area contributed by atoms with Crippen LogP contribution in [-0.2, 0) is 5.75 Å². The first kappa shape index (κ1) is 11.6. The fourth-order valence-electron chi connectivity index (χ4n) is 1.27. The molecule has 0 saturated heterocycles. The number of aromatic nitrogens is 2. The van der Waals surface area contributed by atoms with Gasteiger partial charge in [0.25, 0.3) is 0 Å². The minimum absolute atomic E-state index is 0.0813. The van der Waals surface area contributed by atoms with Gasteiger partial charge in [0.15, 0.2) is 0 Å². The molecule has 2 rings (SSSR count). The maximum atomic E-state index is 10.7. The lowest BCUT2D eigenvalue weighted by molar-refractivity contribution is 0.0690. The van der Waals surface area contributed by atoms with Crippen molar-refractivity contribution in [2.24, 2.45) is 0 Å². The van der Waals surface area contributed by atoms with Crippen molar-refractivity contribution in [2.45, 2.75) is 10.6 Å². The highest BCUT2D eigenvalue weighted by Gasteiger charge is 2.05. The number of rotatable bonds is 4. The van der Waals surface area contributed by atoms with Gasteiger partial charge in [-0.1, -0.05) is 6.07 Å². The molecule has 0 spiro atoms. The van der Waals surface area contributed by atoms with Gasteiger partial charge in [0.1, 0.15) is 5.69 Å². The average molecular weight is 246 g/mol. The molecule has 4 nitrogen and oxygen atoms in total. The Labute approximate surface area is 103 Å². The van der Waals surface area contributed by atoms with Gasteiger partial charge in [0, 0.05) is 23.0 Å². The third-order valence-electron chi connectivity index (χ3n) is 2.06. The Morgan fingerprint density at radius 2 is 2.00 bits per heavy atom. The summed E-state index contributed by atoms with van der Waals surface area (Å²) >= 11 is 1.60. The molecular weight excluding hydrogens is 236 g/mol. The highest BCUT2D eigenvalue weighted by Crippen LogP contribution is 2.20. The summed E-state index contributed by atoms with van der Waals surface area (Å²) in [6, 6.07) is 8.83. The van der Waals surface area contributed by atoms with Gasteiger partial charge in [-0.25, -0.2) is 9.78 Å². The first-order chi connectivity index (χ1) is 8.25. The predicted molar refractivity (Wildman–Crippen MR) is 65.0 cm³/mol. The van der Waals surface area contributed by atoms with Crippen molar-refractivity contribution < 1.29 is 9.90 Å². The van der Waals surface area contributed by atoms with Crippen molar-refractivity contribution in [3.63, 3.8) is 0 Å². The number of aromatic carboxylic acids is 1. The second-order valence-corrected chi connectivity index (χ2v) is 4.34. The fraction of sp³-hybridized carbons (Fsp3) is 0.0833.